The van der Waals surface area contributed by atoms with Crippen LogP contribution in [0.15, 0.2) is 48.5 Å². The molecule has 4 rings (SSSR count). The van der Waals surface area contributed by atoms with Crippen molar-refractivity contribution in [3.63, 3.8) is 0 Å². The Labute approximate surface area is 175 Å². The highest BCUT2D eigenvalue weighted by molar-refractivity contribution is 7.22. The number of fused-ring (bicyclic) bond motifs is 1. The summed E-state index contributed by atoms with van der Waals surface area (Å²) in [5.41, 5.74) is 2.19. The number of hydrogen-bond donors (Lipinski definition) is 0. The van der Waals surface area contributed by atoms with Crippen LogP contribution in [0.2, 0.25) is 0 Å². The van der Waals surface area contributed by atoms with Gasteiger partial charge in [0.1, 0.15) is 5.75 Å². The average Bonchev–Trinajstić information content (AvgIpc) is 3.40. The van der Waals surface area contributed by atoms with Gasteiger partial charge in [-0.05, 0) is 42.5 Å². The number of carbonyl (C=O) groups is 1. The summed E-state index contributed by atoms with van der Waals surface area (Å²) in [6, 6.07) is 15.7. The van der Waals surface area contributed by atoms with Gasteiger partial charge >= 0.3 is 0 Å². The number of benzene rings is 2. The third-order valence-electron chi connectivity index (χ3n) is 5.11. The molecule has 1 fully saturated rings. The molecule has 1 amide bonds. The van der Waals surface area contributed by atoms with E-state index in [0.717, 1.165) is 29.7 Å². The van der Waals surface area contributed by atoms with Gasteiger partial charge in [-0.25, -0.2) is 4.98 Å². The van der Waals surface area contributed by atoms with Crippen LogP contribution in [0.1, 0.15) is 38.2 Å². The largest absolute Gasteiger partial charge is 0.484 e. The van der Waals surface area contributed by atoms with Gasteiger partial charge < -0.3 is 9.47 Å². The van der Waals surface area contributed by atoms with Crippen molar-refractivity contribution in [2.75, 3.05) is 24.7 Å². The van der Waals surface area contributed by atoms with Crippen molar-refractivity contribution in [3.8, 4) is 5.75 Å². The van der Waals surface area contributed by atoms with Crippen molar-refractivity contribution in [3.05, 3.63) is 54.1 Å². The molecular formula is C23H26N2O3S. The first kappa shape index (κ1) is 19.9. The van der Waals surface area contributed by atoms with Gasteiger partial charge in [-0.3, -0.25) is 9.69 Å². The van der Waals surface area contributed by atoms with E-state index in [1.165, 1.54) is 5.56 Å². The van der Waals surface area contributed by atoms with Gasteiger partial charge in [0.25, 0.3) is 5.91 Å². The second-order valence-electron chi connectivity index (χ2n) is 7.59. The summed E-state index contributed by atoms with van der Waals surface area (Å²) in [5.74, 6) is 0.955. The maximum absolute atomic E-state index is 13.1. The van der Waals surface area contributed by atoms with E-state index in [4.69, 9.17) is 14.5 Å². The van der Waals surface area contributed by atoms with E-state index >= 15 is 0 Å². The molecule has 152 valence electrons. The van der Waals surface area contributed by atoms with Crippen molar-refractivity contribution < 1.29 is 14.3 Å². The Bertz CT molecular complexity index is 965. The maximum atomic E-state index is 13.1. The van der Waals surface area contributed by atoms with Crippen LogP contribution in [-0.4, -0.2) is 36.8 Å². The highest BCUT2D eigenvalue weighted by Crippen LogP contribution is 2.34. The lowest BCUT2D eigenvalue weighted by Crippen LogP contribution is -2.40. The highest BCUT2D eigenvalue weighted by Gasteiger charge is 2.27. The Morgan fingerprint density at radius 2 is 2.07 bits per heavy atom. The first-order valence-electron chi connectivity index (χ1n) is 10.1. The standard InChI is InChI=1S/C23H26N2O3S/c1-16(2)19-11-6-12-20-22(19)24-23(29-20)25(14-18-10-7-13-27-18)21(26)15-28-17-8-4-3-5-9-17/h3-6,8-9,11-12,16,18H,7,10,13-15H2,1-2H3. The Morgan fingerprint density at radius 1 is 1.24 bits per heavy atom. The summed E-state index contributed by atoms with van der Waals surface area (Å²) < 4.78 is 12.6. The van der Waals surface area contributed by atoms with Crippen molar-refractivity contribution in [1.29, 1.82) is 0 Å². The number of carbonyl (C=O) groups excluding carboxylic acids is 1. The smallest absolute Gasteiger partial charge is 0.266 e. The average molecular weight is 411 g/mol. The number of anilines is 1. The number of aromatic nitrogens is 1. The molecule has 2 heterocycles. The third kappa shape index (κ3) is 4.60. The molecule has 1 aromatic heterocycles. The van der Waals surface area contributed by atoms with E-state index in [1.54, 1.807) is 16.2 Å². The first-order chi connectivity index (χ1) is 14.1. The van der Waals surface area contributed by atoms with Gasteiger partial charge in [-0.2, -0.15) is 0 Å². The predicted octanol–water partition coefficient (Wildman–Crippen LogP) is 5.01. The molecule has 0 aliphatic carbocycles. The van der Waals surface area contributed by atoms with Gasteiger partial charge in [0, 0.05) is 6.61 Å². The number of rotatable bonds is 7. The summed E-state index contributed by atoms with van der Waals surface area (Å²) in [6.45, 7) is 5.57. The van der Waals surface area contributed by atoms with E-state index in [9.17, 15) is 4.79 Å². The summed E-state index contributed by atoms with van der Waals surface area (Å²) in [5, 5.41) is 0.713. The molecule has 1 unspecified atom stereocenters. The predicted molar refractivity (Wildman–Crippen MR) is 117 cm³/mol. The van der Waals surface area contributed by atoms with Crippen LogP contribution in [0.4, 0.5) is 5.13 Å². The molecule has 0 N–H and O–H groups in total. The Kier molecular flexibility index (Phi) is 6.11. The minimum Gasteiger partial charge on any atom is -0.484 e. The summed E-state index contributed by atoms with van der Waals surface area (Å²) in [6.07, 6.45) is 2.04. The number of thiazole rings is 1. The molecule has 6 heteroatoms. The quantitative estimate of drug-likeness (QED) is 0.549. The minimum atomic E-state index is -0.102. The lowest BCUT2D eigenvalue weighted by Gasteiger charge is -2.23. The number of nitrogens with zero attached hydrogens (tertiary/aromatic N) is 2. The number of amides is 1. The van der Waals surface area contributed by atoms with E-state index < -0.39 is 0 Å². The molecule has 0 radical (unpaired) electrons. The maximum Gasteiger partial charge on any atom is 0.266 e. The molecule has 5 nitrogen and oxygen atoms in total. The Hall–Kier alpha value is -2.44. The number of hydrogen-bond acceptors (Lipinski definition) is 5. The molecule has 1 aliphatic rings. The van der Waals surface area contributed by atoms with Gasteiger partial charge in [-0.15, -0.1) is 0 Å². The van der Waals surface area contributed by atoms with Crippen molar-refractivity contribution >= 4 is 32.6 Å². The summed E-state index contributed by atoms with van der Waals surface area (Å²) in [4.78, 5) is 19.7. The fourth-order valence-electron chi connectivity index (χ4n) is 3.56. The van der Waals surface area contributed by atoms with Crippen LogP contribution < -0.4 is 9.64 Å². The van der Waals surface area contributed by atoms with Crippen molar-refractivity contribution in [2.45, 2.75) is 38.7 Å². The van der Waals surface area contributed by atoms with Crippen LogP contribution in [0.5, 0.6) is 5.75 Å². The van der Waals surface area contributed by atoms with Crippen molar-refractivity contribution in [1.82, 2.24) is 4.98 Å². The summed E-state index contributed by atoms with van der Waals surface area (Å²) >= 11 is 1.55. The molecule has 2 aromatic carbocycles. The zero-order valence-electron chi connectivity index (χ0n) is 16.8. The topological polar surface area (TPSA) is 51.7 Å². The van der Waals surface area contributed by atoms with E-state index in [2.05, 4.69) is 32.0 Å². The van der Waals surface area contributed by atoms with Gasteiger partial charge in [0.05, 0.1) is 22.9 Å². The lowest BCUT2D eigenvalue weighted by atomic mass is 10.0. The Morgan fingerprint density at radius 3 is 2.79 bits per heavy atom. The second kappa shape index (κ2) is 8.93. The molecule has 1 atom stereocenters. The molecule has 0 saturated carbocycles. The number of ether oxygens (including phenoxy) is 2. The monoisotopic (exact) mass is 410 g/mol. The van der Waals surface area contributed by atoms with Crippen LogP contribution in [0.25, 0.3) is 10.2 Å². The molecule has 1 saturated heterocycles. The molecule has 0 spiro atoms. The molecular weight excluding hydrogens is 384 g/mol. The SMILES string of the molecule is CC(C)c1cccc2sc(N(CC3CCCO3)C(=O)COc3ccccc3)nc12. The lowest BCUT2D eigenvalue weighted by molar-refractivity contribution is -0.120. The zero-order valence-corrected chi connectivity index (χ0v) is 17.7. The zero-order chi connectivity index (χ0) is 20.2. The fourth-order valence-corrected chi connectivity index (χ4v) is 4.58. The second-order valence-corrected chi connectivity index (χ2v) is 8.60. The first-order valence-corrected chi connectivity index (χ1v) is 10.9. The van der Waals surface area contributed by atoms with Gasteiger partial charge in [-0.1, -0.05) is 55.5 Å². The molecule has 29 heavy (non-hydrogen) atoms. The Balaban J connectivity index is 1.60. The summed E-state index contributed by atoms with van der Waals surface area (Å²) in [7, 11) is 0. The third-order valence-corrected chi connectivity index (χ3v) is 6.15. The van der Waals surface area contributed by atoms with Gasteiger partial charge in [0.2, 0.25) is 0 Å². The van der Waals surface area contributed by atoms with E-state index in [0.29, 0.717) is 23.3 Å². The highest BCUT2D eigenvalue weighted by atomic mass is 32.1. The molecule has 1 aliphatic heterocycles. The number of para-hydroxylation sites is 2. The van der Waals surface area contributed by atoms with Crippen LogP contribution in [0.3, 0.4) is 0 Å². The van der Waals surface area contributed by atoms with Crippen LogP contribution in [0, 0.1) is 0 Å². The van der Waals surface area contributed by atoms with E-state index in [-0.39, 0.29) is 18.6 Å². The van der Waals surface area contributed by atoms with Crippen LogP contribution in [-0.2, 0) is 9.53 Å². The minimum absolute atomic E-state index is 0.0241. The van der Waals surface area contributed by atoms with E-state index in [1.807, 2.05) is 30.3 Å². The molecule has 0 bridgehead atoms. The van der Waals surface area contributed by atoms with Gasteiger partial charge in [0.15, 0.2) is 11.7 Å². The fraction of sp³-hybridized carbons (Fsp3) is 0.391. The normalized spacial score (nSPS) is 16.4. The molecule has 3 aromatic rings. The van der Waals surface area contributed by atoms with Crippen molar-refractivity contribution in [2.24, 2.45) is 0 Å². The van der Waals surface area contributed by atoms with Crippen LogP contribution >= 0.6 is 11.3 Å².